The number of fused-ring (bicyclic) bond motifs is 4. The molecule has 222 valence electrons. The zero-order valence-corrected chi connectivity index (χ0v) is 23.1. The Hall–Kier alpha value is -4.85. The SMILES string of the molecule is O=C1CCc2cc(-c3nc(C4C5CC5c5nc(-c6cc(Cl)ccc6-n6cc(C(F)(F)F)nn6)cc(=O)n54)[nH]c3F)ccc2N1. The second-order valence-corrected chi connectivity index (χ2v) is 11.5. The molecule has 3 atom stereocenters. The van der Waals surface area contributed by atoms with Gasteiger partial charge >= 0.3 is 6.18 Å². The van der Waals surface area contributed by atoms with E-state index < -0.39 is 29.4 Å². The molecule has 3 aliphatic rings. The van der Waals surface area contributed by atoms with Gasteiger partial charge in [-0.05, 0) is 54.7 Å². The number of rotatable bonds is 4. The predicted octanol–water partition coefficient (Wildman–Crippen LogP) is 5.28. The summed E-state index contributed by atoms with van der Waals surface area (Å²) < 4.78 is 57.3. The standard InChI is InChI=1S/C29H19ClF4N8O2/c30-14-3-5-20(41-11-21(39-40-41)29(32,33)34)17(8-14)19-10-23(44)42-25(15-9-16(15)28(42)36-19)27-37-24(26(31)38-27)13-1-4-18-12(7-13)2-6-22(43)35-18/h1,3-5,7-8,10-11,15-16,25H,2,6,9H2,(H,35,43)(H,37,38). The van der Waals surface area contributed by atoms with Crippen molar-refractivity contribution in [1.82, 2.24) is 34.5 Å². The molecule has 15 heteroatoms. The summed E-state index contributed by atoms with van der Waals surface area (Å²) in [6.07, 6.45) is -2.35. The number of anilines is 1. The van der Waals surface area contributed by atoms with Gasteiger partial charge in [-0.1, -0.05) is 22.9 Å². The molecule has 3 aromatic heterocycles. The van der Waals surface area contributed by atoms with Gasteiger partial charge in [0.05, 0.1) is 23.6 Å². The predicted molar refractivity (Wildman–Crippen MR) is 149 cm³/mol. The van der Waals surface area contributed by atoms with Gasteiger partial charge in [0.25, 0.3) is 5.56 Å². The summed E-state index contributed by atoms with van der Waals surface area (Å²) in [7, 11) is 0. The third kappa shape index (κ3) is 4.23. The van der Waals surface area contributed by atoms with E-state index in [1.165, 1.54) is 28.8 Å². The second kappa shape index (κ2) is 9.32. The third-order valence-electron chi connectivity index (χ3n) is 8.33. The number of carbonyl (C=O) groups excluding carboxylic acids is 1. The normalized spacial score (nSPS) is 20.2. The minimum absolute atomic E-state index is 0.0360. The lowest BCUT2D eigenvalue weighted by Crippen LogP contribution is -2.27. The molecule has 2 aromatic carbocycles. The quantitative estimate of drug-likeness (QED) is 0.263. The van der Waals surface area contributed by atoms with Crippen LogP contribution in [0.3, 0.4) is 0 Å². The largest absolute Gasteiger partial charge is 0.436 e. The zero-order chi connectivity index (χ0) is 30.5. The smallest absolute Gasteiger partial charge is 0.326 e. The molecule has 8 rings (SSSR count). The highest BCUT2D eigenvalue weighted by molar-refractivity contribution is 6.31. The van der Waals surface area contributed by atoms with Crippen molar-refractivity contribution in [2.75, 3.05) is 5.32 Å². The monoisotopic (exact) mass is 622 g/mol. The summed E-state index contributed by atoms with van der Waals surface area (Å²) >= 11 is 6.24. The highest BCUT2D eigenvalue weighted by Crippen LogP contribution is 2.60. The van der Waals surface area contributed by atoms with Crippen LogP contribution in [0.1, 0.15) is 47.7 Å². The minimum Gasteiger partial charge on any atom is -0.326 e. The summed E-state index contributed by atoms with van der Waals surface area (Å²) in [5.74, 6) is -0.0607. The average Bonchev–Trinajstić information content (AvgIpc) is 3.28. The maximum Gasteiger partial charge on any atom is 0.436 e. The molecule has 5 heterocycles. The highest BCUT2D eigenvalue weighted by Gasteiger charge is 2.55. The van der Waals surface area contributed by atoms with Gasteiger partial charge in [-0.15, -0.1) is 5.10 Å². The van der Waals surface area contributed by atoms with Crippen LogP contribution in [0.5, 0.6) is 0 Å². The lowest BCUT2D eigenvalue weighted by molar-refractivity contribution is -0.141. The number of hydrogen-bond acceptors (Lipinski definition) is 6. The van der Waals surface area contributed by atoms with Crippen LogP contribution in [0.25, 0.3) is 28.2 Å². The maximum absolute atomic E-state index is 15.3. The van der Waals surface area contributed by atoms with Gasteiger partial charge < -0.3 is 10.3 Å². The first-order valence-corrected chi connectivity index (χ1v) is 14.0. The topological polar surface area (TPSA) is 123 Å². The number of amides is 1. The van der Waals surface area contributed by atoms with Crippen molar-refractivity contribution in [1.29, 1.82) is 0 Å². The highest BCUT2D eigenvalue weighted by atomic mass is 35.5. The number of nitrogens with zero attached hydrogens (tertiary/aromatic N) is 6. The summed E-state index contributed by atoms with van der Waals surface area (Å²) in [5.41, 5.74) is 1.34. The van der Waals surface area contributed by atoms with Crippen molar-refractivity contribution in [3.8, 4) is 28.2 Å². The van der Waals surface area contributed by atoms with Crippen LogP contribution < -0.4 is 10.9 Å². The fourth-order valence-corrected chi connectivity index (χ4v) is 6.39. The molecule has 0 bridgehead atoms. The van der Waals surface area contributed by atoms with Crippen LogP contribution in [0.2, 0.25) is 5.02 Å². The van der Waals surface area contributed by atoms with E-state index in [4.69, 9.17) is 16.6 Å². The first-order valence-electron chi connectivity index (χ1n) is 13.7. The van der Waals surface area contributed by atoms with Crippen molar-refractivity contribution >= 4 is 23.2 Å². The molecule has 0 spiro atoms. The minimum atomic E-state index is -4.69. The van der Waals surface area contributed by atoms with Crippen molar-refractivity contribution in [2.24, 2.45) is 5.92 Å². The second-order valence-electron chi connectivity index (χ2n) is 11.1. The number of aryl methyl sites for hydroxylation is 1. The third-order valence-corrected chi connectivity index (χ3v) is 8.57. The van der Waals surface area contributed by atoms with Crippen molar-refractivity contribution in [3.63, 3.8) is 0 Å². The van der Waals surface area contributed by atoms with Crippen LogP contribution in [0.4, 0.5) is 23.2 Å². The van der Waals surface area contributed by atoms with E-state index in [9.17, 15) is 22.8 Å². The first kappa shape index (κ1) is 26.8. The van der Waals surface area contributed by atoms with Crippen LogP contribution in [0.15, 0.2) is 53.5 Å². The van der Waals surface area contributed by atoms with Crippen LogP contribution in [-0.2, 0) is 17.4 Å². The van der Waals surface area contributed by atoms with Crippen LogP contribution in [0, 0.1) is 11.9 Å². The zero-order valence-electron chi connectivity index (χ0n) is 22.4. The first-order chi connectivity index (χ1) is 21.0. The summed E-state index contributed by atoms with van der Waals surface area (Å²) in [6, 6.07) is 10.4. The van der Waals surface area contributed by atoms with Gasteiger partial charge in [-0.25, -0.2) is 14.6 Å². The number of halogens is 5. The lowest BCUT2D eigenvalue weighted by Gasteiger charge is -2.17. The van der Waals surface area contributed by atoms with Crippen molar-refractivity contribution in [3.05, 3.63) is 92.9 Å². The molecule has 5 aromatic rings. The molecule has 10 nitrogen and oxygen atoms in total. The van der Waals surface area contributed by atoms with Crippen LogP contribution >= 0.6 is 11.6 Å². The molecule has 2 N–H and O–H groups in total. The van der Waals surface area contributed by atoms with E-state index in [1.54, 1.807) is 18.2 Å². The van der Waals surface area contributed by atoms with Gasteiger partial charge in [-0.2, -0.15) is 17.6 Å². The van der Waals surface area contributed by atoms with Gasteiger partial charge in [0.1, 0.15) is 17.3 Å². The number of H-pyrrole nitrogens is 1. The molecule has 1 amide bonds. The van der Waals surface area contributed by atoms with Gasteiger partial charge in [-0.3, -0.25) is 14.2 Å². The summed E-state index contributed by atoms with van der Waals surface area (Å²) in [6.45, 7) is 0. The maximum atomic E-state index is 15.3. The molecule has 44 heavy (non-hydrogen) atoms. The lowest BCUT2D eigenvalue weighted by atomic mass is 9.99. The Morgan fingerprint density at radius 1 is 1.02 bits per heavy atom. The Balaban J connectivity index is 1.17. The fraction of sp³-hybridized carbons (Fsp3) is 0.241. The number of alkyl halides is 3. The Kier molecular flexibility index (Phi) is 5.67. The number of hydrogen-bond donors (Lipinski definition) is 2. The van der Waals surface area contributed by atoms with E-state index >= 15 is 4.39 Å². The Morgan fingerprint density at radius 2 is 1.86 bits per heavy atom. The number of aromatic amines is 1. The molecular formula is C29H19ClF4N8O2. The van der Waals surface area contributed by atoms with E-state index in [-0.39, 0.29) is 45.7 Å². The summed E-state index contributed by atoms with van der Waals surface area (Å²) in [4.78, 5) is 37.4. The average molecular weight is 623 g/mol. The molecule has 0 saturated heterocycles. The Labute approximate surface area is 249 Å². The summed E-state index contributed by atoms with van der Waals surface area (Å²) in [5, 5.41) is 9.94. The Bertz CT molecular complexity index is 2080. The van der Waals surface area contributed by atoms with E-state index in [0.29, 0.717) is 41.9 Å². The van der Waals surface area contributed by atoms with Crippen molar-refractivity contribution < 1.29 is 22.4 Å². The van der Waals surface area contributed by atoms with E-state index in [0.717, 1.165) is 16.4 Å². The fourth-order valence-electron chi connectivity index (χ4n) is 6.22. The number of nitrogens with one attached hydrogen (secondary N) is 2. The molecule has 2 aliphatic heterocycles. The van der Waals surface area contributed by atoms with E-state index in [1.807, 2.05) is 0 Å². The molecular weight excluding hydrogens is 604 g/mol. The number of benzene rings is 2. The Morgan fingerprint density at radius 3 is 2.66 bits per heavy atom. The molecule has 1 fully saturated rings. The molecule has 0 radical (unpaired) electrons. The van der Waals surface area contributed by atoms with Gasteiger partial charge in [0, 0.05) is 40.2 Å². The van der Waals surface area contributed by atoms with Crippen molar-refractivity contribution in [2.45, 2.75) is 37.4 Å². The molecule has 1 aliphatic carbocycles. The number of carbonyl (C=O) groups is 1. The van der Waals surface area contributed by atoms with Gasteiger partial charge in [0.15, 0.2) is 5.69 Å². The number of aromatic nitrogens is 7. The number of imidazole rings is 1. The van der Waals surface area contributed by atoms with Crippen LogP contribution in [-0.4, -0.2) is 40.4 Å². The molecule has 3 unspecified atom stereocenters. The van der Waals surface area contributed by atoms with E-state index in [2.05, 4.69) is 25.6 Å². The van der Waals surface area contributed by atoms with Gasteiger partial charge in [0.2, 0.25) is 11.9 Å². The molecule has 1 saturated carbocycles.